The molecule has 1 rings (SSSR count). The normalized spacial score (nSPS) is 11.0. The molecule has 0 heterocycles. The molecule has 0 bridgehead atoms. The van der Waals surface area contributed by atoms with E-state index in [4.69, 9.17) is 0 Å². The highest BCUT2D eigenvalue weighted by Gasteiger charge is 2.29. The van der Waals surface area contributed by atoms with Crippen LogP contribution in [0.4, 0.5) is 18.9 Å². The molecule has 0 aliphatic heterocycles. The van der Waals surface area contributed by atoms with Crippen LogP contribution in [0.15, 0.2) is 24.3 Å². The van der Waals surface area contributed by atoms with E-state index < -0.39 is 17.6 Å². The summed E-state index contributed by atoms with van der Waals surface area (Å²) in [6.45, 7) is 1.63. The van der Waals surface area contributed by atoms with Crippen LogP contribution in [0, 0.1) is 0 Å². The van der Waals surface area contributed by atoms with Crippen LogP contribution >= 0.6 is 0 Å². The standard InChI is InChI=1S/C13H15F3N2O2/c1-2-3-11(19)17-8-12(20)18-10-6-4-9(5-7-10)13(14,15)16/h4-7H,2-3,8H2,1H3,(H,17,19)(H,18,20). The quantitative estimate of drug-likeness (QED) is 0.875. The predicted molar refractivity (Wildman–Crippen MR) is 68.0 cm³/mol. The summed E-state index contributed by atoms with van der Waals surface area (Å²) in [5.41, 5.74) is -0.542. The molecule has 0 fully saturated rings. The Kier molecular flexibility index (Phi) is 5.54. The third-order valence-corrected chi connectivity index (χ3v) is 2.42. The highest BCUT2D eigenvalue weighted by atomic mass is 19.4. The van der Waals surface area contributed by atoms with Gasteiger partial charge in [-0.2, -0.15) is 13.2 Å². The zero-order valence-corrected chi connectivity index (χ0v) is 10.9. The molecule has 4 nitrogen and oxygen atoms in total. The van der Waals surface area contributed by atoms with Crippen LogP contribution in [0.3, 0.4) is 0 Å². The number of rotatable bonds is 5. The molecule has 2 N–H and O–H groups in total. The molecule has 0 atom stereocenters. The van der Waals surface area contributed by atoms with Gasteiger partial charge >= 0.3 is 6.18 Å². The molecule has 110 valence electrons. The minimum atomic E-state index is -4.41. The highest BCUT2D eigenvalue weighted by molar-refractivity contribution is 5.94. The molecular formula is C13H15F3N2O2. The second-order valence-corrected chi connectivity index (χ2v) is 4.15. The zero-order chi connectivity index (χ0) is 15.2. The number of carbonyl (C=O) groups excluding carboxylic acids is 2. The van der Waals surface area contributed by atoms with Crippen molar-refractivity contribution in [2.24, 2.45) is 0 Å². The average molecular weight is 288 g/mol. The van der Waals surface area contributed by atoms with E-state index in [9.17, 15) is 22.8 Å². The number of nitrogens with one attached hydrogen (secondary N) is 2. The zero-order valence-electron chi connectivity index (χ0n) is 10.9. The second kappa shape index (κ2) is 6.93. The smallest absolute Gasteiger partial charge is 0.347 e. The second-order valence-electron chi connectivity index (χ2n) is 4.15. The van der Waals surface area contributed by atoms with Crippen LogP contribution < -0.4 is 10.6 Å². The SMILES string of the molecule is CCCC(=O)NCC(=O)Nc1ccc(C(F)(F)F)cc1. The number of carbonyl (C=O) groups is 2. The maximum Gasteiger partial charge on any atom is 0.416 e. The van der Waals surface area contributed by atoms with Gasteiger partial charge in [0.2, 0.25) is 11.8 Å². The third-order valence-electron chi connectivity index (χ3n) is 2.42. The van der Waals surface area contributed by atoms with Gasteiger partial charge in [-0.1, -0.05) is 6.92 Å². The number of amides is 2. The van der Waals surface area contributed by atoms with E-state index in [0.717, 1.165) is 24.3 Å². The van der Waals surface area contributed by atoms with E-state index in [-0.39, 0.29) is 18.1 Å². The van der Waals surface area contributed by atoms with Crippen molar-refractivity contribution in [2.75, 3.05) is 11.9 Å². The average Bonchev–Trinajstić information content (AvgIpc) is 2.36. The number of anilines is 1. The van der Waals surface area contributed by atoms with Crippen LogP contribution in [0.5, 0.6) is 0 Å². The molecule has 0 aliphatic carbocycles. The van der Waals surface area contributed by atoms with E-state index >= 15 is 0 Å². The molecule has 1 aromatic rings. The lowest BCUT2D eigenvalue weighted by Crippen LogP contribution is -2.32. The van der Waals surface area contributed by atoms with Crippen LogP contribution in [0.25, 0.3) is 0 Å². The highest BCUT2D eigenvalue weighted by Crippen LogP contribution is 2.29. The Morgan fingerprint density at radius 2 is 1.70 bits per heavy atom. The molecule has 20 heavy (non-hydrogen) atoms. The van der Waals surface area contributed by atoms with Gasteiger partial charge in [-0.25, -0.2) is 0 Å². The van der Waals surface area contributed by atoms with Crippen molar-refractivity contribution in [2.45, 2.75) is 25.9 Å². The number of halogens is 3. The van der Waals surface area contributed by atoms with Gasteiger partial charge < -0.3 is 10.6 Å². The molecule has 0 radical (unpaired) electrons. The van der Waals surface area contributed by atoms with E-state index in [0.29, 0.717) is 12.8 Å². The number of hydrogen-bond donors (Lipinski definition) is 2. The van der Waals surface area contributed by atoms with Gasteiger partial charge in [0.25, 0.3) is 0 Å². The number of hydrogen-bond acceptors (Lipinski definition) is 2. The lowest BCUT2D eigenvalue weighted by atomic mass is 10.2. The van der Waals surface area contributed by atoms with Gasteiger partial charge in [0.1, 0.15) is 0 Å². The summed E-state index contributed by atoms with van der Waals surface area (Å²) >= 11 is 0. The first-order valence-electron chi connectivity index (χ1n) is 6.06. The van der Waals surface area contributed by atoms with E-state index in [1.165, 1.54) is 0 Å². The fourth-order valence-electron chi connectivity index (χ4n) is 1.44. The molecule has 0 saturated heterocycles. The summed E-state index contributed by atoms with van der Waals surface area (Å²) in [7, 11) is 0. The Hall–Kier alpha value is -2.05. The van der Waals surface area contributed by atoms with Crippen molar-refractivity contribution >= 4 is 17.5 Å². The van der Waals surface area contributed by atoms with Crippen molar-refractivity contribution in [1.29, 1.82) is 0 Å². The molecule has 0 aromatic heterocycles. The van der Waals surface area contributed by atoms with Gasteiger partial charge in [-0.15, -0.1) is 0 Å². The Bertz CT molecular complexity index is 469. The van der Waals surface area contributed by atoms with Crippen LogP contribution in [0.1, 0.15) is 25.3 Å². The molecule has 2 amide bonds. The van der Waals surface area contributed by atoms with E-state index in [1.54, 1.807) is 0 Å². The van der Waals surface area contributed by atoms with E-state index in [2.05, 4.69) is 10.6 Å². The lowest BCUT2D eigenvalue weighted by Gasteiger charge is -2.09. The maximum absolute atomic E-state index is 12.3. The summed E-state index contributed by atoms with van der Waals surface area (Å²) in [6.07, 6.45) is -3.41. The van der Waals surface area contributed by atoms with Gasteiger partial charge in [0.15, 0.2) is 0 Å². The summed E-state index contributed by atoms with van der Waals surface area (Å²) in [5, 5.41) is 4.81. The van der Waals surface area contributed by atoms with Crippen molar-refractivity contribution in [3.63, 3.8) is 0 Å². The van der Waals surface area contributed by atoms with Gasteiger partial charge in [0, 0.05) is 12.1 Å². The fourth-order valence-corrected chi connectivity index (χ4v) is 1.44. The largest absolute Gasteiger partial charge is 0.416 e. The Morgan fingerprint density at radius 1 is 1.10 bits per heavy atom. The number of benzene rings is 1. The molecule has 0 aliphatic rings. The Balaban J connectivity index is 2.48. The van der Waals surface area contributed by atoms with Crippen molar-refractivity contribution < 1.29 is 22.8 Å². The first kappa shape index (κ1) is 16.0. The summed E-state index contributed by atoms with van der Waals surface area (Å²) in [4.78, 5) is 22.6. The summed E-state index contributed by atoms with van der Waals surface area (Å²) in [5.74, 6) is -0.732. The van der Waals surface area contributed by atoms with Gasteiger partial charge in [-0.3, -0.25) is 9.59 Å². The Morgan fingerprint density at radius 3 is 2.20 bits per heavy atom. The molecular weight excluding hydrogens is 273 g/mol. The minimum Gasteiger partial charge on any atom is -0.347 e. The van der Waals surface area contributed by atoms with Gasteiger partial charge in [-0.05, 0) is 30.7 Å². The van der Waals surface area contributed by atoms with Gasteiger partial charge in [0.05, 0.1) is 12.1 Å². The summed E-state index contributed by atoms with van der Waals surface area (Å²) < 4.78 is 37.0. The number of alkyl halides is 3. The van der Waals surface area contributed by atoms with Crippen molar-refractivity contribution in [3.8, 4) is 0 Å². The fraction of sp³-hybridized carbons (Fsp3) is 0.385. The van der Waals surface area contributed by atoms with Crippen LogP contribution in [-0.2, 0) is 15.8 Å². The first-order chi connectivity index (χ1) is 9.32. The van der Waals surface area contributed by atoms with Crippen molar-refractivity contribution in [1.82, 2.24) is 5.32 Å². The molecule has 0 unspecified atom stereocenters. The molecule has 1 aromatic carbocycles. The lowest BCUT2D eigenvalue weighted by molar-refractivity contribution is -0.137. The summed E-state index contributed by atoms with van der Waals surface area (Å²) in [6, 6.07) is 4.08. The topological polar surface area (TPSA) is 58.2 Å². The minimum absolute atomic E-state index is 0.208. The maximum atomic E-state index is 12.3. The monoisotopic (exact) mass is 288 g/mol. The molecule has 0 spiro atoms. The Labute approximate surface area is 114 Å². The third kappa shape index (κ3) is 5.29. The molecule has 0 saturated carbocycles. The van der Waals surface area contributed by atoms with Crippen LogP contribution in [0.2, 0.25) is 0 Å². The van der Waals surface area contributed by atoms with E-state index in [1.807, 2.05) is 6.92 Å². The first-order valence-corrected chi connectivity index (χ1v) is 6.06. The predicted octanol–water partition coefficient (Wildman–Crippen LogP) is 2.56. The molecule has 7 heteroatoms. The van der Waals surface area contributed by atoms with Crippen molar-refractivity contribution in [3.05, 3.63) is 29.8 Å². The van der Waals surface area contributed by atoms with Crippen LogP contribution in [-0.4, -0.2) is 18.4 Å².